The van der Waals surface area contributed by atoms with Gasteiger partial charge in [-0.2, -0.15) is 0 Å². The van der Waals surface area contributed by atoms with Crippen molar-refractivity contribution in [3.8, 4) is 0 Å². The van der Waals surface area contributed by atoms with E-state index in [1.54, 1.807) is 0 Å². The number of ether oxygens (including phenoxy) is 1. The van der Waals surface area contributed by atoms with Crippen molar-refractivity contribution >= 4 is 11.6 Å². The van der Waals surface area contributed by atoms with Gasteiger partial charge in [-0.25, -0.2) is 0 Å². The molecule has 2 aliphatic heterocycles. The third kappa shape index (κ3) is 2.14. The summed E-state index contributed by atoms with van der Waals surface area (Å²) in [6, 6.07) is 28.3. The number of fused-ring (bicyclic) bond motifs is 2. The van der Waals surface area contributed by atoms with Crippen molar-refractivity contribution in [1.82, 2.24) is 0 Å². The maximum Gasteiger partial charge on any atom is 0.238 e. The number of hydrogen-bond donors (Lipinski definition) is 1. The van der Waals surface area contributed by atoms with E-state index in [4.69, 9.17) is 4.74 Å². The molecule has 2 aliphatic rings. The Bertz CT molecular complexity index is 954. The van der Waals surface area contributed by atoms with E-state index in [1.807, 2.05) is 66.7 Å². The van der Waals surface area contributed by atoms with E-state index in [-0.39, 0.29) is 18.1 Å². The van der Waals surface area contributed by atoms with E-state index in [2.05, 4.69) is 23.5 Å². The molecule has 1 spiro atoms. The highest BCUT2D eigenvalue weighted by molar-refractivity contribution is 6.07. The van der Waals surface area contributed by atoms with Crippen LogP contribution >= 0.6 is 0 Å². The van der Waals surface area contributed by atoms with Gasteiger partial charge >= 0.3 is 0 Å². The number of para-hydroxylation sites is 1. The van der Waals surface area contributed by atoms with Gasteiger partial charge in [0.05, 0.1) is 6.10 Å². The lowest BCUT2D eigenvalue weighted by Crippen LogP contribution is -2.37. The maximum atomic E-state index is 13.2. The molecule has 3 unspecified atom stereocenters. The molecule has 3 aromatic carbocycles. The fourth-order valence-electron chi connectivity index (χ4n) is 4.38. The Hall–Kier alpha value is -2.91. The van der Waals surface area contributed by atoms with Crippen molar-refractivity contribution in [2.24, 2.45) is 0 Å². The molecule has 3 atom stereocenters. The number of hydrogen-bond acceptors (Lipinski definition) is 2. The fourth-order valence-corrected chi connectivity index (χ4v) is 4.38. The second-order valence-electron chi connectivity index (χ2n) is 7.00. The largest absolute Gasteiger partial charge is 0.364 e. The summed E-state index contributed by atoms with van der Waals surface area (Å²) < 4.78 is 6.54. The maximum absolute atomic E-state index is 13.2. The molecular formula is C23H19NO2. The van der Waals surface area contributed by atoms with Crippen molar-refractivity contribution < 1.29 is 9.53 Å². The van der Waals surface area contributed by atoms with E-state index < -0.39 is 5.41 Å². The van der Waals surface area contributed by atoms with Crippen LogP contribution in [0.5, 0.6) is 0 Å². The second kappa shape index (κ2) is 5.82. The molecule has 3 aromatic rings. The van der Waals surface area contributed by atoms with Crippen LogP contribution in [0.25, 0.3) is 0 Å². The fraction of sp³-hybridized carbons (Fsp3) is 0.174. The molecule has 0 radical (unpaired) electrons. The summed E-state index contributed by atoms with van der Waals surface area (Å²) in [5.41, 5.74) is 3.40. The number of amides is 1. The first-order chi connectivity index (χ1) is 12.8. The number of carbonyl (C=O) groups excluding carboxylic acids is 1. The van der Waals surface area contributed by atoms with Gasteiger partial charge in [0.2, 0.25) is 5.91 Å². The predicted molar refractivity (Wildman–Crippen MR) is 101 cm³/mol. The molecule has 1 amide bonds. The van der Waals surface area contributed by atoms with Crippen LogP contribution < -0.4 is 5.32 Å². The minimum absolute atomic E-state index is 0.0333. The number of carbonyl (C=O) groups is 1. The number of rotatable bonds is 2. The Balaban J connectivity index is 1.68. The molecule has 0 saturated carbocycles. The van der Waals surface area contributed by atoms with Crippen molar-refractivity contribution in [2.45, 2.75) is 24.0 Å². The van der Waals surface area contributed by atoms with E-state index in [0.29, 0.717) is 6.42 Å². The minimum Gasteiger partial charge on any atom is -0.364 e. The highest BCUT2D eigenvalue weighted by Crippen LogP contribution is 2.58. The van der Waals surface area contributed by atoms with Crippen LogP contribution in [-0.2, 0) is 14.9 Å². The SMILES string of the molecule is O=C1Nc2ccccc2C12CC(c1ccccc1)OC2c1ccccc1. The van der Waals surface area contributed by atoms with E-state index in [0.717, 1.165) is 22.4 Å². The molecule has 1 fully saturated rings. The minimum atomic E-state index is -0.696. The first-order valence-electron chi connectivity index (χ1n) is 8.95. The summed E-state index contributed by atoms with van der Waals surface area (Å²) >= 11 is 0. The van der Waals surface area contributed by atoms with Crippen molar-refractivity contribution in [2.75, 3.05) is 5.32 Å². The number of anilines is 1. The normalized spacial score (nSPS) is 26.7. The smallest absolute Gasteiger partial charge is 0.238 e. The van der Waals surface area contributed by atoms with Gasteiger partial charge in [-0.1, -0.05) is 78.9 Å². The predicted octanol–water partition coefficient (Wildman–Crippen LogP) is 4.78. The number of benzene rings is 3. The standard InChI is InChI=1S/C23H19NO2/c25-22-23(18-13-7-8-14-19(18)24-22)15-20(16-9-3-1-4-10-16)26-21(23)17-11-5-2-6-12-17/h1-14,20-21H,15H2,(H,24,25). The zero-order valence-corrected chi connectivity index (χ0v) is 14.3. The van der Waals surface area contributed by atoms with Crippen molar-refractivity contribution in [3.05, 3.63) is 102 Å². The molecule has 0 aromatic heterocycles. The van der Waals surface area contributed by atoms with Crippen LogP contribution in [0.4, 0.5) is 5.69 Å². The van der Waals surface area contributed by atoms with E-state index >= 15 is 0 Å². The van der Waals surface area contributed by atoms with Gasteiger partial charge in [-0.05, 0) is 29.2 Å². The van der Waals surface area contributed by atoms with Crippen LogP contribution in [0, 0.1) is 0 Å². The lowest BCUT2D eigenvalue weighted by atomic mass is 9.72. The van der Waals surface area contributed by atoms with E-state index in [1.165, 1.54) is 0 Å². The lowest BCUT2D eigenvalue weighted by Gasteiger charge is -2.28. The number of nitrogens with one attached hydrogen (secondary N) is 1. The van der Waals surface area contributed by atoms with E-state index in [9.17, 15) is 4.79 Å². The summed E-state index contributed by atoms with van der Waals surface area (Å²) in [5.74, 6) is 0.0333. The van der Waals surface area contributed by atoms with Gasteiger partial charge in [0.1, 0.15) is 11.5 Å². The van der Waals surface area contributed by atoms with Gasteiger partial charge in [-0.3, -0.25) is 4.79 Å². The zero-order chi connectivity index (χ0) is 17.6. The summed E-state index contributed by atoms with van der Waals surface area (Å²) in [4.78, 5) is 13.2. The average Bonchev–Trinajstić information content (AvgIpc) is 3.23. The van der Waals surface area contributed by atoms with Crippen LogP contribution in [0.3, 0.4) is 0 Å². The third-order valence-corrected chi connectivity index (χ3v) is 5.59. The molecular weight excluding hydrogens is 322 g/mol. The van der Waals surface area contributed by atoms with Gasteiger partial charge in [0, 0.05) is 5.69 Å². The first kappa shape index (κ1) is 15.4. The van der Waals surface area contributed by atoms with Crippen LogP contribution in [-0.4, -0.2) is 5.91 Å². The third-order valence-electron chi connectivity index (χ3n) is 5.59. The molecule has 1 saturated heterocycles. The van der Waals surface area contributed by atoms with Crippen LogP contribution in [0.15, 0.2) is 84.9 Å². The Kier molecular flexibility index (Phi) is 3.44. The lowest BCUT2D eigenvalue weighted by molar-refractivity contribution is -0.123. The molecule has 3 heteroatoms. The summed E-state index contributed by atoms with van der Waals surface area (Å²) in [5, 5.41) is 3.08. The molecule has 0 aliphatic carbocycles. The highest BCUT2D eigenvalue weighted by Gasteiger charge is 2.59. The average molecular weight is 341 g/mol. The Morgan fingerprint density at radius 1 is 0.808 bits per heavy atom. The van der Waals surface area contributed by atoms with Crippen molar-refractivity contribution in [3.63, 3.8) is 0 Å². The van der Waals surface area contributed by atoms with Gasteiger partial charge in [0.15, 0.2) is 0 Å². The molecule has 128 valence electrons. The first-order valence-corrected chi connectivity index (χ1v) is 8.95. The second-order valence-corrected chi connectivity index (χ2v) is 7.00. The monoisotopic (exact) mass is 341 g/mol. The Morgan fingerprint density at radius 3 is 2.15 bits per heavy atom. The van der Waals surface area contributed by atoms with Gasteiger partial charge in [-0.15, -0.1) is 0 Å². The highest BCUT2D eigenvalue weighted by atomic mass is 16.5. The summed E-state index contributed by atoms with van der Waals surface area (Å²) in [6.07, 6.45) is 0.218. The summed E-state index contributed by atoms with van der Waals surface area (Å²) in [7, 11) is 0. The van der Waals surface area contributed by atoms with Crippen LogP contribution in [0.1, 0.15) is 35.3 Å². The Morgan fingerprint density at radius 2 is 1.42 bits per heavy atom. The Labute approximate surface area is 152 Å². The molecule has 1 N–H and O–H groups in total. The van der Waals surface area contributed by atoms with Crippen molar-refractivity contribution in [1.29, 1.82) is 0 Å². The van der Waals surface area contributed by atoms with Crippen LogP contribution in [0.2, 0.25) is 0 Å². The quantitative estimate of drug-likeness (QED) is 0.728. The summed E-state index contributed by atoms with van der Waals surface area (Å²) in [6.45, 7) is 0. The molecule has 0 bridgehead atoms. The van der Waals surface area contributed by atoms with Gasteiger partial charge < -0.3 is 10.1 Å². The van der Waals surface area contributed by atoms with Gasteiger partial charge in [0.25, 0.3) is 0 Å². The topological polar surface area (TPSA) is 38.3 Å². The molecule has 26 heavy (non-hydrogen) atoms. The molecule has 2 heterocycles. The zero-order valence-electron chi connectivity index (χ0n) is 14.3. The molecule has 3 nitrogen and oxygen atoms in total. The molecule has 5 rings (SSSR count).